The van der Waals surface area contributed by atoms with Crippen LogP contribution in [0.4, 0.5) is 0 Å². The second-order valence-corrected chi connectivity index (χ2v) is 62.8. The van der Waals surface area contributed by atoms with Crippen LogP contribution in [0.1, 0.15) is 459 Å². The molecule has 0 aromatic carbocycles. The van der Waals surface area contributed by atoms with E-state index in [-0.39, 0.29) is 69.4 Å². The summed E-state index contributed by atoms with van der Waals surface area (Å²) in [5.41, 5.74) is 4.56. The first-order chi connectivity index (χ1) is 68.8. The normalized spacial score (nSPS) is 50.6. The van der Waals surface area contributed by atoms with Crippen molar-refractivity contribution in [2.75, 3.05) is 0 Å². The van der Waals surface area contributed by atoms with Crippen molar-refractivity contribution in [1.82, 2.24) is 0 Å². The van der Waals surface area contributed by atoms with Crippen LogP contribution in [0.3, 0.4) is 0 Å². The highest BCUT2D eigenvalue weighted by molar-refractivity contribution is 5.89. The minimum Gasteiger partial charge on any atom is -0.455 e. The van der Waals surface area contributed by atoms with Crippen LogP contribution in [0, 0.1) is 233 Å². The summed E-state index contributed by atoms with van der Waals surface area (Å²) in [7, 11) is 0. The van der Waals surface area contributed by atoms with Crippen molar-refractivity contribution in [3.05, 3.63) is 74.4 Å². The zero-order valence-electron chi connectivity index (χ0n) is 95.9. The Morgan fingerprint density at radius 2 is 0.473 bits per heavy atom. The molecule has 12 heteroatoms. The fourth-order valence-corrected chi connectivity index (χ4v) is 46.0. The number of fused-ring (bicyclic) bond motifs is 2. The quantitative estimate of drug-likeness (QED) is 0.0728. The first-order valence-corrected chi connectivity index (χ1v) is 62.0. The molecular formula is C134H206O12. The van der Waals surface area contributed by atoms with E-state index >= 15 is 0 Å². The lowest BCUT2D eigenvalue weighted by atomic mass is 9.41. The molecule has 31 aliphatic rings. The Labute approximate surface area is 887 Å². The van der Waals surface area contributed by atoms with Crippen molar-refractivity contribution in [2.24, 2.45) is 233 Å². The Balaban J connectivity index is 0.000000107. The van der Waals surface area contributed by atoms with Crippen molar-refractivity contribution in [1.29, 1.82) is 0 Å². The van der Waals surface area contributed by atoms with E-state index < -0.39 is 0 Å². The average Bonchev–Trinajstić information content (AvgIpc) is 1.46. The van der Waals surface area contributed by atoms with Crippen LogP contribution in [0.15, 0.2) is 74.4 Å². The highest BCUT2D eigenvalue weighted by atomic mass is 16.6. The summed E-state index contributed by atoms with van der Waals surface area (Å²) in [6.07, 6.45) is 70.2. The van der Waals surface area contributed by atoms with Gasteiger partial charge in [-0.15, -0.1) is 0 Å². The maximum absolute atomic E-state index is 12.7. The van der Waals surface area contributed by atoms with Crippen LogP contribution in [0.5, 0.6) is 0 Å². The first kappa shape index (κ1) is 108. The van der Waals surface area contributed by atoms with Gasteiger partial charge in [0.25, 0.3) is 0 Å². The minimum absolute atomic E-state index is 0.117. The Morgan fingerprint density at radius 1 is 0.240 bits per heavy atom. The fraction of sp³-hybridized carbons (Fsp3) is 0.866. The molecule has 0 spiro atoms. The molecule has 31 saturated carbocycles. The Kier molecular flexibility index (Phi) is 29.3. The zero-order valence-corrected chi connectivity index (χ0v) is 95.9. The number of hydrogen-bond acceptors (Lipinski definition) is 12. The van der Waals surface area contributed by atoms with E-state index in [2.05, 4.69) is 150 Å². The molecular weight excluding hydrogens is 1800 g/mol. The molecule has 0 saturated heterocycles. The molecule has 0 aromatic heterocycles. The Bertz CT molecular complexity index is 4800. The Hall–Kier alpha value is -4.74. The van der Waals surface area contributed by atoms with Gasteiger partial charge < -0.3 is 28.4 Å². The van der Waals surface area contributed by atoms with Crippen molar-refractivity contribution < 1.29 is 57.2 Å². The van der Waals surface area contributed by atoms with Gasteiger partial charge in [0.1, 0.15) is 33.6 Å². The smallest absolute Gasteiger partial charge is 0.333 e. The number of ether oxygens (including phenoxy) is 6. The SMILES string of the molecule is C=C(C)C(=O)OC1(C2CC3CC2CC3C)C2CC3CC1CC(C)(C3)C2.C=C(C)C(=O)OC1(C2CCC(C)(C)CC2)C2CC3CC1CC(C)(C3)C2.C=C(C)C(=O)OC1(C2CCCC(C)C2C)C2CC3CC1CC(C)(C3)C2.C=CC(=O)OC1(C2CCC(C)(C)CC2)C2CC3CC1CC(C)(C3)C2.C=CC(=O)OC1(C2CCC(C)CC2)C2CC3CC1CC(C)(C3)C2.C=CC(=O)OC1(C2CCCC(C)C2C)C2CC3CC1CC(C)(C3)C2. The summed E-state index contributed by atoms with van der Waals surface area (Å²) >= 11 is 0. The lowest BCUT2D eigenvalue weighted by Crippen LogP contribution is -2.66. The largest absolute Gasteiger partial charge is 0.455 e. The van der Waals surface area contributed by atoms with Crippen molar-refractivity contribution in [3.8, 4) is 0 Å². The topological polar surface area (TPSA) is 158 Å². The van der Waals surface area contributed by atoms with E-state index in [0.717, 1.165) is 71.0 Å². The minimum atomic E-state index is -0.208. The van der Waals surface area contributed by atoms with Crippen LogP contribution < -0.4 is 0 Å². The standard InChI is InChI=1S/C23H34O2.2C23H36O2.2C22H34O2.C21H32O2/c1-13(2)21(24)25-23(20-9-16-8-17(20)5-14(16)3)18-6-15-7-19(23)12-22(4,10-15)11-18;1-15(2)20(24)25-23(17-6-8-21(3,4)9-7-17)18-10-16-11-19(23)14-22(5,12-16)13-18;1-14(2)21(24)25-23(20-8-6-7-15(3)16(20)4)18-9-17-10-19(23)13-22(5,11-17)12-18;1-5-19(23)24-22(16-6-8-20(2,3)9-7-16)17-10-15-11-18(22)14-21(4,12-15)13-17;1-5-20(23)24-22(19-8-6-7-14(2)15(19)3)17-9-16-10-18(22)13-21(4,11-16)12-17;1-4-19(22)23-21(16-7-5-14(2)6-8-16)17-9-15-10-18(21)13-20(3,11-15)12-17/h14-20H,1,5-12H2,2-4H3;16-19H,1,6-14H2,2-5H3;15-20H,1,6-13H2,2-5H3;5,15-18H,1,6-14H2,2-4H3;5,14-19H,1,6-13H2,2-4H3;4,14-18H,1,5-13H2,2-3H3. The molecule has 31 aliphatic carbocycles. The molecule has 0 amide bonds. The molecule has 146 heavy (non-hydrogen) atoms. The molecule has 22 atom stereocenters. The molecule has 0 aliphatic heterocycles. The van der Waals surface area contributed by atoms with E-state index in [1.165, 1.54) is 346 Å². The van der Waals surface area contributed by atoms with E-state index in [9.17, 15) is 28.8 Å². The molecule has 31 fully saturated rings. The highest BCUT2D eigenvalue weighted by Gasteiger charge is 2.75. The van der Waals surface area contributed by atoms with E-state index in [4.69, 9.17) is 28.4 Å². The summed E-state index contributed by atoms with van der Waals surface area (Å²) in [6.45, 7) is 67.1. The summed E-state index contributed by atoms with van der Waals surface area (Å²) in [4.78, 5) is 75.1. The van der Waals surface area contributed by atoms with Gasteiger partial charge >= 0.3 is 35.8 Å². The monoisotopic (exact) mass is 2010 g/mol. The third-order valence-corrected chi connectivity index (χ3v) is 50.8. The predicted molar refractivity (Wildman–Crippen MR) is 585 cm³/mol. The molecule has 0 N–H and O–H groups in total. The van der Waals surface area contributed by atoms with Crippen LogP contribution in [0.25, 0.3) is 0 Å². The molecule has 26 bridgehead atoms. The van der Waals surface area contributed by atoms with Crippen LogP contribution in [-0.4, -0.2) is 69.4 Å². The second kappa shape index (κ2) is 39.5. The van der Waals surface area contributed by atoms with Gasteiger partial charge in [-0.25, -0.2) is 28.8 Å². The lowest BCUT2D eigenvalue weighted by molar-refractivity contribution is -0.251. The maximum Gasteiger partial charge on any atom is 0.333 e. The van der Waals surface area contributed by atoms with E-state index in [0.29, 0.717) is 178 Å². The predicted octanol–water partition coefficient (Wildman–Crippen LogP) is 33.1. The van der Waals surface area contributed by atoms with Gasteiger partial charge in [0.15, 0.2) is 0 Å². The lowest BCUT2D eigenvalue weighted by Gasteiger charge is -2.67. The molecule has 0 heterocycles. The number of esters is 6. The maximum atomic E-state index is 12.7. The summed E-state index contributed by atoms with van der Waals surface area (Å²) in [6, 6.07) is 0. The van der Waals surface area contributed by atoms with Gasteiger partial charge in [-0.1, -0.05) is 189 Å². The number of hydrogen-bond donors (Lipinski definition) is 0. The van der Waals surface area contributed by atoms with Crippen molar-refractivity contribution in [3.63, 3.8) is 0 Å². The van der Waals surface area contributed by atoms with Gasteiger partial charge in [0.2, 0.25) is 0 Å². The highest BCUT2D eigenvalue weighted by Crippen LogP contribution is 2.77. The summed E-state index contributed by atoms with van der Waals surface area (Å²) < 4.78 is 38.7. The van der Waals surface area contributed by atoms with Gasteiger partial charge in [-0.05, 0) is 454 Å². The zero-order chi connectivity index (χ0) is 104. The van der Waals surface area contributed by atoms with Gasteiger partial charge in [-0.3, -0.25) is 0 Å². The number of carbonyl (C=O) groups is 6. The van der Waals surface area contributed by atoms with E-state index in [1.54, 1.807) is 13.8 Å². The van der Waals surface area contributed by atoms with Crippen molar-refractivity contribution in [2.45, 2.75) is 493 Å². The fourth-order valence-electron chi connectivity index (χ4n) is 46.0. The van der Waals surface area contributed by atoms with Gasteiger partial charge in [0, 0.05) is 124 Å². The first-order valence-electron chi connectivity index (χ1n) is 62.0. The van der Waals surface area contributed by atoms with E-state index in [1.807, 2.05) is 6.92 Å². The van der Waals surface area contributed by atoms with Crippen LogP contribution >= 0.6 is 0 Å². The molecule has 31 rings (SSSR count). The molecule has 22 unspecified atom stereocenters. The van der Waals surface area contributed by atoms with Crippen molar-refractivity contribution >= 4 is 35.8 Å². The van der Waals surface area contributed by atoms with Gasteiger partial charge in [-0.2, -0.15) is 0 Å². The molecule has 0 aromatic rings. The summed E-state index contributed by atoms with van der Waals surface area (Å²) in [5, 5.41) is 0. The number of carbonyl (C=O) groups excluding carboxylic acids is 6. The van der Waals surface area contributed by atoms with Crippen LogP contribution in [-0.2, 0) is 57.2 Å². The van der Waals surface area contributed by atoms with Gasteiger partial charge in [0.05, 0.1) is 0 Å². The number of rotatable bonds is 18. The molecule has 12 nitrogen and oxygen atoms in total. The summed E-state index contributed by atoms with van der Waals surface area (Å²) in [5.74, 6) is 21.0. The third kappa shape index (κ3) is 19.3. The third-order valence-electron chi connectivity index (χ3n) is 50.8. The molecule has 0 radical (unpaired) electrons. The molecule has 814 valence electrons. The second-order valence-electron chi connectivity index (χ2n) is 62.8. The van der Waals surface area contributed by atoms with Crippen LogP contribution in [0.2, 0.25) is 0 Å². The Morgan fingerprint density at radius 3 is 0.712 bits per heavy atom. The average molecular weight is 2010 g/mol.